The maximum Gasteiger partial charge on any atom is 0.314 e. The van der Waals surface area contributed by atoms with E-state index in [0.717, 1.165) is 12.5 Å². The van der Waals surface area contributed by atoms with E-state index in [1.165, 1.54) is 17.7 Å². The zero-order valence-electron chi connectivity index (χ0n) is 13.3. The van der Waals surface area contributed by atoms with Crippen molar-refractivity contribution in [2.75, 3.05) is 0 Å². The summed E-state index contributed by atoms with van der Waals surface area (Å²) < 4.78 is 27.8. The third-order valence-corrected chi connectivity index (χ3v) is 5.20. The summed E-state index contributed by atoms with van der Waals surface area (Å²) in [5.74, 6) is -2.71. The molecule has 0 heterocycles. The molecular formula is C20H20F2O2. The average molecular weight is 330 g/mol. The second kappa shape index (κ2) is 6.71. The summed E-state index contributed by atoms with van der Waals surface area (Å²) in [6, 6.07) is 13.9. The van der Waals surface area contributed by atoms with Crippen molar-refractivity contribution in [1.82, 2.24) is 0 Å². The van der Waals surface area contributed by atoms with Crippen molar-refractivity contribution >= 4 is 5.97 Å². The highest BCUT2D eigenvalue weighted by atomic mass is 19.2. The molecule has 1 aliphatic carbocycles. The molecule has 126 valence electrons. The fourth-order valence-electron chi connectivity index (χ4n) is 3.79. The molecule has 0 amide bonds. The number of aliphatic carboxylic acids is 1. The Hall–Kier alpha value is -2.23. The highest BCUT2D eigenvalue weighted by molar-refractivity contribution is 5.81. The van der Waals surface area contributed by atoms with E-state index >= 15 is 0 Å². The van der Waals surface area contributed by atoms with Gasteiger partial charge in [-0.15, -0.1) is 0 Å². The average Bonchev–Trinajstić information content (AvgIpc) is 2.59. The van der Waals surface area contributed by atoms with Gasteiger partial charge >= 0.3 is 5.97 Å². The van der Waals surface area contributed by atoms with Gasteiger partial charge in [0, 0.05) is 5.56 Å². The van der Waals surface area contributed by atoms with Gasteiger partial charge < -0.3 is 5.11 Å². The van der Waals surface area contributed by atoms with Crippen molar-refractivity contribution in [3.8, 4) is 0 Å². The molecule has 0 aromatic heterocycles. The molecule has 0 radical (unpaired) electrons. The van der Waals surface area contributed by atoms with Crippen LogP contribution in [0.2, 0.25) is 0 Å². The lowest BCUT2D eigenvalue weighted by Crippen LogP contribution is -2.40. The topological polar surface area (TPSA) is 37.3 Å². The van der Waals surface area contributed by atoms with E-state index in [-0.39, 0.29) is 5.56 Å². The van der Waals surface area contributed by atoms with Gasteiger partial charge in [-0.05, 0) is 49.7 Å². The van der Waals surface area contributed by atoms with Crippen molar-refractivity contribution in [1.29, 1.82) is 0 Å². The number of benzene rings is 2. The van der Waals surface area contributed by atoms with Gasteiger partial charge in [-0.25, -0.2) is 8.78 Å². The van der Waals surface area contributed by atoms with Crippen molar-refractivity contribution in [2.45, 2.75) is 37.5 Å². The summed E-state index contributed by atoms with van der Waals surface area (Å²) in [6.45, 7) is 0. The highest BCUT2D eigenvalue weighted by Gasteiger charge is 2.45. The molecule has 24 heavy (non-hydrogen) atoms. The Morgan fingerprint density at radius 1 is 1.04 bits per heavy atom. The number of halogens is 2. The molecule has 0 spiro atoms. The predicted molar refractivity (Wildman–Crippen MR) is 87.8 cm³/mol. The molecule has 2 nitrogen and oxygen atoms in total. The van der Waals surface area contributed by atoms with Crippen molar-refractivity contribution in [3.05, 3.63) is 71.3 Å². The molecule has 1 saturated carbocycles. The van der Waals surface area contributed by atoms with Crippen molar-refractivity contribution < 1.29 is 18.7 Å². The van der Waals surface area contributed by atoms with Crippen LogP contribution in [0, 0.1) is 17.6 Å². The summed E-state index contributed by atoms with van der Waals surface area (Å²) in [6.07, 6.45) is 2.94. The Labute approximate surface area is 140 Å². The van der Waals surface area contributed by atoms with Gasteiger partial charge in [-0.1, -0.05) is 42.5 Å². The fourth-order valence-corrected chi connectivity index (χ4v) is 3.79. The summed E-state index contributed by atoms with van der Waals surface area (Å²) in [5, 5.41) is 9.74. The zero-order valence-corrected chi connectivity index (χ0v) is 13.3. The van der Waals surface area contributed by atoms with Crippen LogP contribution in [0.1, 0.15) is 36.8 Å². The van der Waals surface area contributed by atoms with E-state index in [0.29, 0.717) is 31.6 Å². The molecule has 1 aliphatic rings. The van der Waals surface area contributed by atoms with Crippen LogP contribution < -0.4 is 0 Å². The number of carbonyl (C=O) groups is 1. The van der Waals surface area contributed by atoms with E-state index in [2.05, 4.69) is 12.1 Å². The summed E-state index contributed by atoms with van der Waals surface area (Å²) in [7, 11) is 0. The van der Waals surface area contributed by atoms with Crippen LogP contribution in [-0.4, -0.2) is 11.1 Å². The Kier molecular flexibility index (Phi) is 4.65. The fraction of sp³-hybridized carbons (Fsp3) is 0.350. The maximum absolute atomic E-state index is 14.2. The van der Waals surface area contributed by atoms with Crippen LogP contribution in [0.4, 0.5) is 8.78 Å². The molecule has 0 aliphatic heterocycles. The molecule has 1 fully saturated rings. The molecule has 3 rings (SSSR count). The SMILES string of the molecule is O=C(O)C1(c2cccc(F)c2F)CCC(Cc2ccccc2)CC1. The molecule has 1 N–H and O–H groups in total. The lowest BCUT2D eigenvalue weighted by atomic mass is 9.65. The van der Waals surface area contributed by atoms with Gasteiger partial charge in [0.2, 0.25) is 0 Å². The predicted octanol–water partition coefficient (Wildman–Crippen LogP) is 4.72. The largest absolute Gasteiger partial charge is 0.481 e. The van der Waals surface area contributed by atoms with Crippen LogP contribution in [0.3, 0.4) is 0 Å². The number of carboxylic acid groups (broad SMARTS) is 1. The second-order valence-electron chi connectivity index (χ2n) is 6.62. The lowest BCUT2D eigenvalue weighted by Gasteiger charge is -2.37. The summed E-state index contributed by atoms with van der Waals surface area (Å²) in [5.41, 5.74) is -0.116. The minimum absolute atomic E-state index is 0.0202. The Morgan fingerprint density at radius 3 is 2.33 bits per heavy atom. The smallest absolute Gasteiger partial charge is 0.314 e. The van der Waals surface area contributed by atoms with Gasteiger partial charge in [0.1, 0.15) is 0 Å². The van der Waals surface area contributed by atoms with Crippen molar-refractivity contribution in [3.63, 3.8) is 0 Å². The van der Waals surface area contributed by atoms with E-state index in [1.54, 1.807) is 0 Å². The first-order valence-electron chi connectivity index (χ1n) is 8.25. The highest BCUT2D eigenvalue weighted by Crippen LogP contribution is 2.44. The standard InChI is InChI=1S/C20H20F2O2/c21-17-8-4-7-16(18(17)22)20(19(23)24)11-9-15(10-12-20)13-14-5-2-1-3-6-14/h1-8,15H,9-13H2,(H,23,24). The quantitative estimate of drug-likeness (QED) is 0.881. The Morgan fingerprint density at radius 2 is 1.71 bits per heavy atom. The van der Waals surface area contributed by atoms with Gasteiger partial charge in [0.05, 0.1) is 5.41 Å². The first-order chi connectivity index (χ1) is 11.5. The molecule has 0 unspecified atom stereocenters. The van der Waals surface area contributed by atoms with Crippen LogP contribution in [0.15, 0.2) is 48.5 Å². The maximum atomic E-state index is 14.2. The molecule has 0 bridgehead atoms. The molecular weight excluding hydrogens is 310 g/mol. The first-order valence-corrected chi connectivity index (χ1v) is 8.25. The van der Waals surface area contributed by atoms with Gasteiger partial charge in [0.25, 0.3) is 0 Å². The number of hydrogen-bond donors (Lipinski definition) is 1. The molecule has 0 atom stereocenters. The van der Waals surface area contributed by atoms with Crippen LogP contribution >= 0.6 is 0 Å². The molecule has 2 aromatic carbocycles. The summed E-state index contributed by atoms with van der Waals surface area (Å²) in [4.78, 5) is 11.9. The number of hydrogen-bond acceptors (Lipinski definition) is 1. The second-order valence-corrected chi connectivity index (χ2v) is 6.62. The number of rotatable bonds is 4. The molecule has 2 aromatic rings. The van der Waals surface area contributed by atoms with E-state index in [9.17, 15) is 18.7 Å². The summed E-state index contributed by atoms with van der Waals surface area (Å²) >= 11 is 0. The van der Waals surface area contributed by atoms with Crippen LogP contribution in [-0.2, 0) is 16.6 Å². The molecule has 4 heteroatoms. The monoisotopic (exact) mass is 330 g/mol. The van der Waals surface area contributed by atoms with Crippen molar-refractivity contribution in [2.24, 2.45) is 5.92 Å². The lowest BCUT2D eigenvalue weighted by molar-refractivity contribution is -0.145. The Bertz CT molecular complexity index is 720. The first kappa shape index (κ1) is 16.6. The van der Waals surface area contributed by atoms with E-state index in [4.69, 9.17) is 0 Å². The van der Waals surface area contributed by atoms with Gasteiger partial charge in [0.15, 0.2) is 11.6 Å². The third kappa shape index (κ3) is 3.05. The normalized spacial score (nSPS) is 23.8. The van der Waals surface area contributed by atoms with Crippen LogP contribution in [0.5, 0.6) is 0 Å². The third-order valence-electron chi connectivity index (χ3n) is 5.20. The van der Waals surface area contributed by atoms with Crippen LogP contribution in [0.25, 0.3) is 0 Å². The van der Waals surface area contributed by atoms with E-state index < -0.39 is 23.0 Å². The Balaban J connectivity index is 1.80. The number of carboxylic acids is 1. The van der Waals surface area contributed by atoms with E-state index in [1.807, 2.05) is 18.2 Å². The minimum Gasteiger partial charge on any atom is -0.481 e. The van der Waals surface area contributed by atoms with Gasteiger partial charge in [-0.2, -0.15) is 0 Å². The minimum atomic E-state index is -1.32. The van der Waals surface area contributed by atoms with Gasteiger partial charge in [-0.3, -0.25) is 4.79 Å². The molecule has 0 saturated heterocycles. The zero-order chi connectivity index (χ0) is 17.2.